The van der Waals surface area contributed by atoms with Crippen LogP contribution >= 0.6 is 0 Å². The second-order valence-electron chi connectivity index (χ2n) is 2.75. The molecule has 1 heterocycles. The number of aryl methyl sites for hydroxylation is 1. The highest BCUT2D eigenvalue weighted by Gasteiger charge is 1.97. The van der Waals surface area contributed by atoms with Crippen LogP contribution in [0.5, 0.6) is 0 Å². The molecule has 0 aromatic carbocycles. The molecule has 1 aromatic heterocycles. The average Bonchev–Trinajstić information content (AvgIpc) is 2.50. The molecule has 68 valence electrons. The molecule has 0 fully saturated rings. The van der Waals surface area contributed by atoms with E-state index < -0.39 is 0 Å². The van der Waals surface area contributed by atoms with Gasteiger partial charge in [0.1, 0.15) is 0 Å². The minimum atomic E-state index is 0.820. The summed E-state index contributed by atoms with van der Waals surface area (Å²) in [5.41, 5.74) is 1.02. The molecule has 0 radical (unpaired) electrons. The maximum absolute atomic E-state index is 4.02. The molecule has 4 nitrogen and oxygen atoms in total. The third-order valence-electron chi connectivity index (χ3n) is 1.59. The minimum Gasteiger partial charge on any atom is -0.311 e. The third kappa shape index (κ3) is 2.62. The zero-order valence-electron chi connectivity index (χ0n) is 7.75. The molecule has 0 bridgehead atoms. The molecule has 0 spiro atoms. The van der Waals surface area contributed by atoms with Gasteiger partial charge in [0.2, 0.25) is 0 Å². The first-order chi connectivity index (χ1) is 5.86. The summed E-state index contributed by atoms with van der Waals surface area (Å²) in [6, 6.07) is 0. The van der Waals surface area contributed by atoms with Gasteiger partial charge in [-0.05, 0) is 13.0 Å². The van der Waals surface area contributed by atoms with E-state index in [4.69, 9.17) is 0 Å². The number of hydrogen-bond donors (Lipinski definition) is 1. The number of nitrogens with zero attached hydrogens (tertiary/aromatic N) is 3. The van der Waals surface area contributed by atoms with Crippen LogP contribution in [0.1, 0.15) is 26.0 Å². The smallest absolute Gasteiger partial charge is 0.0964 e. The second kappa shape index (κ2) is 4.87. The summed E-state index contributed by atoms with van der Waals surface area (Å²) in [5.74, 6) is 0. The molecule has 0 amide bonds. The summed E-state index contributed by atoms with van der Waals surface area (Å²) in [6.45, 7) is 6.96. The van der Waals surface area contributed by atoms with Crippen molar-refractivity contribution in [2.75, 3.05) is 6.54 Å². The fourth-order valence-electron chi connectivity index (χ4n) is 1.01. The van der Waals surface area contributed by atoms with Crippen molar-refractivity contribution in [3.63, 3.8) is 0 Å². The van der Waals surface area contributed by atoms with Gasteiger partial charge in [0.05, 0.1) is 5.69 Å². The standard InChI is InChI=1S/C8H16N4/c1-3-5-12-7-8(10-11-12)6-9-4-2/h7,9H,3-6H2,1-2H3. The van der Waals surface area contributed by atoms with Gasteiger partial charge in [0, 0.05) is 19.3 Å². The molecule has 0 aliphatic carbocycles. The van der Waals surface area contributed by atoms with Crippen LogP contribution in [0.15, 0.2) is 6.20 Å². The predicted octanol–water partition coefficient (Wildman–Crippen LogP) is 0.798. The number of aromatic nitrogens is 3. The lowest BCUT2D eigenvalue weighted by Crippen LogP contribution is -2.11. The average molecular weight is 168 g/mol. The van der Waals surface area contributed by atoms with E-state index in [2.05, 4.69) is 29.5 Å². The van der Waals surface area contributed by atoms with Crippen LogP contribution in [0.4, 0.5) is 0 Å². The normalized spacial score (nSPS) is 10.5. The van der Waals surface area contributed by atoms with Gasteiger partial charge in [0.25, 0.3) is 0 Å². The van der Waals surface area contributed by atoms with E-state index in [1.54, 1.807) is 0 Å². The van der Waals surface area contributed by atoms with E-state index in [1.165, 1.54) is 0 Å². The molecule has 0 aliphatic rings. The highest BCUT2D eigenvalue weighted by atomic mass is 15.4. The first-order valence-corrected chi connectivity index (χ1v) is 4.46. The second-order valence-corrected chi connectivity index (χ2v) is 2.75. The SMILES string of the molecule is CCCn1cc(CNCC)nn1. The number of hydrogen-bond acceptors (Lipinski definition) is 3. The maximum atomic E-state index is 4.02. The Hall–Kier alpha value is -0.900. The van der Waals surface area contributed by atoms with Crippen molar-refractivity contribution in [3.05, 3.63) is 11.9 Å². The molecule has 0 saturated carbocycles. The molecule has 0 unspecified atom stereocenters. The molecule has 1 rings (SSSR count). The summed E-state index contributed by atoms with van der Waals surface area (Å²) in [5, 5.41) is 11.2. The molecule has 4 heteroatoms. The van der Waals surface area contributed by atoms with Crippen molar-refractivity contribution >= 4 is 0 Å². The Kier molecular flexibility index (Phi) is 3.73. The molecule has 0 saturated heterocycles. The minimum absolute atomic E-state index is 0.820. The molecule has 0 atom stereocenters. The summed E-state index contributed by atoms with van der Waals surface area (Å²) in [7, 11) is 0. The number of rotatable bonds is 5. The summed E-state index contributed by atoms with van der Waals surface area (Å²) >= 11 is 0. The highest BCUT2D eigenvalue weighted by Crippen LogP contribution is 1.93. The molecule has 1 N–H and O–H groups in total. The lowest BCUT2D eigenvalue weighted by atomic mass is 10.4. The van der Waals surface area contributed by atoms with Gasteiger partial charge in [-0.15, -0.1) is 5.10 Å². The third-order valence-corrected chi connectivity index (χ3v) is 1.59. The Labute approximate surface area is 73.0 Å². The van der Waals surface area contributed by atoms with E-state index in [-0.39, 0.29) is 0 Å². The Balaban J connectivity index is 2.41. The van der Waals surface area contributed by atoms with E-state index in [1.807, 2.05) is 10.9 Å². The first kappa shape index (κ1) is 9.19. The quantitative estimate of drug-likeness (QED) is 0.707. The van der Waals surface area contributed by atoms with E-state index in [0.717, 1.165) is 31.7 Å². The Morgan fingerprint density at radius 2 is 2.33 bits per heavy atom. The maximum Gasteiger partial charge on any atom is 0.0964 e. The molecule has 0 aliphatic heterocycles. The lowest BCUT2D eigenvalue weighted by molar-refractivity contribution is 0.578. The van der Waals surface area contributed by atoms with Crippen LogP contribution in [-0.4, -0.2) is 21.5 Å². The van der Waals surface area contributed by atoms with Crippen LogP contribution in [0.25, 0.3) is 0 Å². The van der Waals surface area contributed by atoms with Crippen molar-refractivity contribution in [1.29, 1.82) is 0 Å². The van der Waals surface area contributed by atoms with Gasteiger partial charge in [-0.1, -0.05) is 19.1 Å². The Bertz CT molecular complexity index is 219. The fraction of sp³-hybridized carbons (Fsp3) is 0.750. The number of nitrogens with one attached hydrogen (secondary N) is 1. The van der Waals surface area contributed by atoms with E-state index >= 15 is 0 Å². The summed E-state index contributed by atoms with van der Waals surface area (Å²) < 4.78 is 1.88. The van der Waals surface area contributed by atoms with E-state index in [0.29, 0.717) is 0 Å². The van der Waals surface area contributed by atoms with Crippen LogP contribution in [0, 0.1) is 0 Å². The van der Waals surface area contributed by atoms with Gasteiger partial charge in [-0.3, -0.25) is 4.68 Å². The Morgan fingerprint density at radius 3 is 3.00 bits per heavy atom. The lowest BCUT2D eigenvalue weighted by Gasteiger charge is -1.94. The van der Waals surface area contributed by atoms with Crippen molar-refractivity contribution in [1.82, 2.24) is 20.3 Å². The predicted molar refractivity (Wildman–Crippen MR) is 47.7 cm³/mol. The van der Waals surface area contributed by atoms with Gasteiger partial charge < -0.3 is 5.32 Å². The topological polar surface area (TPSA) is 42.7 Å². The van der Waals surface area contributed by atoms with Crippen LogP contribution in [0.3, 0.4) is 0 Å². The highest BCUT2D eigenvalue weighted by molar-refractivity contribution is 4.91. The van der Waals surface area contributed by atoms with Crippen molar-refractivity contribution in [3.8, 4) is 0 Å². The van der Waals surface area contributed by atoms with Crippen LogP contribution in [0.2, 0.25) is 0 Å². The molecular weight excluding hydrogens is 152 g/mol. The largest absolute Gasteiger partial charge is 0.311 e. The van der Waals surface area contributed by atoms with Crippen molar-refractivity contribution in [2.24, 2.45) is 0 Å². The van der Waals surface area contributed by atoms with E-state index in [9.17, 15) is 0 Å². The van der Waals surface area contributed by atoms with Crippen molar-refractivity contribution < 1.29 is 0 Å². The molecular formula is C8H16N4. The van der Waals surface area contributed by atoms with Crippen LogP contribution in [-0.2, 0) is 13.1 Å². The zero-order chi connectivity index (χ0) is 8.81. The van der Waals surface area contributed by atoms with Gasteiger partial charge in [-0.25, -0.2) is 0 Å². The summed E-state index contributed by atoms with van der Waals surface area (Å²) in [4.78, 5) is 0. The van der Waals surface area contributed by atoms with Gasteiger partial charge in [0.15, 0.2) is 0 Å². The summed E-state index contributed by atoms with van der Waals surface area (Å²) in [6.07, 6.45) is 3.09. The molecule has 12 heavy (non-hydrogen) atoms. The van der Waals surface area contributed by atoms with Crippen LogP contribution < -0.4 is 5.32 Å². The van der Waals surface area contributed by atoms with Gasteiger partial charge >= 0.3 is 0 Å². The first-order valence-electron chi connectivity index (χ1n) is 4.46. The van der Waals surface area contributed by atoms with Crippen molar-refractivity contribution in [2.45, 2.75) is 33.4 Å². The fourth-order valence-corrected chi connectivity index (χ4v) is 1.01. The van der Waals surface area contributed by atoms with Gasteiger partial charge in [-0.2, -0.15) is 0 Å². The molecule has 1 aromatic rings. The Morgan fingerprint density at radius 1 is 1.50 bits per heavy atom. The monoisotopic (exact) mass is 168 g/mol. The zero-order valence-corrected chi connectivity index (χ0v) is 7.75.